The van der Waals surface area contributed by atoms with Crippen molar-refractivity contribution in [1.82, 2.24) is 14.3 Å². The Morgan fingerprint density at radius 1 is 1.14 bits per heavy atom. The van der Waals surface area contributed by atoms with Crippen LogP contribution in [0.5, 0.6) is 0 Å². The van der Waals surface area contributed by atoms with E-state index >= 15 is 0 Å². The summed E-state index contributed by atoms with van der Waals surface area (Å²) in [5.74, 6) is -0.500. The van der Waals surface area contributed by atoms with Gasteiger partial charge < -0.3 is 10.2 Å². The van der Waals surface area contributed by atoms with Crippen molar-refractivity contribution in [3.05, 3.63) is 65.7 Å². The lowest BCUT2D eigenvalue weighted by Crippen LogP contribution is -2.33. The summed E-state index contributed by atoms with van der Waals surface area (Å²) in [6, 6.07) is 14.1. The lowest BCUT2D eigenvalue weighted by Gasteiger charge is -2.20. The molecule has 3 rings (SSSR count). The van der Waals surface area contributed by atoms with Crippen molar-refractivity contribution in [3.63, 3.8) is 0 Å². The molecule has 3 aromatic rings. The van der Waals surface area contributed by atoms with Crippen molar-refractivity contribution >= 4 is 23.0 Å². The Bertz CT molecular complexity index is 1070. The number of imidazole rings is 1. The number of carbonyl (C=O) groups excluding carboxylic acids is 2. The molecule has 0 saturated heterocycles. The summed E-state index contributed by atoms with van der Waals surface area (Å²) < 4.78 is 1.62. The number of benzene rings is 1. The first kappa shape index (κ1) is 20.1. The molecule has 0 aliphatic carbocycles. The van der Waals surface area contributed by atoms with Crippen molar-refractivity contribution in [2.24, 2.45) is 0 Å². The SMILES string of the molecule is CCCN(CCC)C(=O)c1nc(C(=O)Nc2cccc(C#N)c2)n2ccccc12. The summed E-state index contributed by atoms with van der Waals surface area (Å²) in [7, 11) is 0. The van der Waals surface area contributed by atoms with E-state index in [9.17, 15) is 9.59 Å². The average Bonchev–Trinajstić information content (AvgIpc) is 3.13. The van der Waals surface area contributed by atoms with E-state index in [1.807, 2.05) is 26.0 Å². The highest BCUT2D eigenvalue weighted by atomic mass is 16.2. The zero-order valence-electron chi connectivity index (χ0n) is 16.6. The van der Waals surface area contributed by atoms with E-state index in [1.54, 1.807) is 51.9 Å². The number of nitrogens with one attached hydrogen (secondary N) is 1. The summed E-state index contributed by atoms with van der Waals surface area (Å²) >= 11 is 0. The molecule has 7 nitrogen and oxygen atoms in total. The van der Waals surface area contributed by atoms with Crippen LogP contribution in [-0.4, -0.2) is 39.2 Å². The second-order valence-corrected chi connectivity index (χ2v) is 6.68. The van der Waals surface area contributed by atoms with Crippen LogP contribution < -0.4 is 5.32 Å². The average molecular weight is 389 g/mol. The van der Waals surface area contributed by atoms with Gasteiger partial charge in [-0.05, 0) is 43.2 Å². The van der Waals surface area contributed by atoms with Gasteiger partial charge in [-0.15, -0.1) is 0 Å². The maximum Gasteiger partial charge on any atom is 0.292 e. The Balaban J connectivity index is 1.98. The van der Waals surface area contributed by atoms with Gasteiger partial charge in [0.05, 0.1) is 17.1 Å². The van der Waals surface area contributed by atoms with Crippen LogP contribution >= 0.6 is 0 Å². The van der Waals surface area contributed by atoms with Crippen molar-refractivity contribution in [1.29, 1.82) is 5.26 Å². The summed E-state index contributed by atoms with van der Waals surface area (Å²) in [6.07, 6.45) is 3.41. The monoisotopic (exact) mass is 389 g/mol. The van der Waals surface area contributed by atoms with Crippen LogP contribution in [0.25, 0.3) is 5.52 Å². The maximum absolute atomic E-state index is 13.1. The molecule has 0 bridgehead atoms. The van der Waals surface area contributed by atoms with Gasteiger partial charge in [0.25, 0.3) is 11.8 Å². The smallest absolute Gasteiger partial charge is 0.292 e. The largest absolute Gasteiger partial charge is 0.337 e. The van der Waals surface area contributed by atoms with Crippen LogP contribution in [0.15, 0.2) is 48.7 Å². The Hall–Kier alpha value is -3.66. The van der Waals surface area contributed by atoms with E-state index in [2.05, 4.69) is 10.3 Å². The van der Waals surface area contributed by atoms with E-state index in [4.69, 9.17) is 5.26 Å². The van der Waals surface area contributed by atoms with E-state index in [0.29, 0.717) is 29.9 Å². The number of hydrogen-bond donors (Lipinski definition) is 1. The molecule has 0 radical (unpaired) electrons. The van der Waals surface area contributed by atoms with Crippen LogP contribution in [0.4, 0.5) is 5.69 Å². The van der Waals surface area contributed by atoms with Gasteiger partial charge >= 0.3 is 0 Å². The number of nitriles is 1. The number of hydrogen-bond acceptors (Lipinski definition) is 4. The number of anilines is 1. The predicted molar refractivity (Wildman–Crippen MR) is 111 cm³/mol. The molecule has 2 amide bonds. The molecule has 0 spiro atoms. The Kier molecular flexibility index (Phi) is 6.25. The van der Waals surface area contributed by atoms with E-state index in [1.165, 1.54) is 0 Å². The number of aromatic nitrogens is 2. The first-order chi connectivity index (χ1) is 14.1. The Morgan fingerprint density at radius 3 is 2.59 bits per heavy atom. The molecular weight excluding hydrogens is 366 g/mol. The zero-order valence-corrected chi connectivity index (χ0v) is 16.6. The van der Waals surface area contributed by atoms with Gasteiger partial charge in [-0.25, -0.2) is 4.98 Å². The highest BCUT2D eigenvalue weighted by Gasteiger charge is 2.24. The summed E-state index contributed by atoms with van der Waals surface area (Å²) in [5.41, 5.74) is 1.80. The Morgan fingerprint density at radius 2 is 1.90 bits per heavy atom. The topological polar surface area (TPSA) is 90.5 Å². The molecular formula is C22H23N5O2. The van der Waals surface area contributed by atoms with Gasteiger partial charge in [0.1, 0.15) is 0 Å². The van der Waals surface area contributed by atoms with Crippen LogP contribution in [0.1, 0.15) is 53.4 Å². The lowest BCUT2D eigenvalue weighted by atomic mass is 10.2. The third-order valence-corrected chi connectivity index (χ3v) is 4.48. The molecule has 7 heteroatoms. The highest BCUT2D eigenvalue weighted by molar-refractivity contribution is 6.06. The van der Waals surface area contributed by atoms with Crippen molar-refractivity contribution in [3.8, 4) is 6.07 Å². The molecule has 148 valence electrons. The molecule has 0 unspecified atom stereocenters. The Labute approximate surface area is 169 Å². The van der Waals surface area contributed by atoms with Crippen molar-refractivity contribution in [2.45, 2.75) is 26.7 Å². The second-order valence-electron chi connectivity index (χ2n) is 6.68. The normalized spacial score (nSPS) is 10.5. The van der Waals surface area contributed by atoms with Gasteiger partial charge in [-0.1, -0.05) is 26.0 Å². The fraction of sp³-hybridized carbons (Fsp3) is 0.273. The van der Waals surface area contributed by atoms with Crippen LogP contribution in [-0.2, 0) is 0 Å². The molecule has 0 fully saturated rings. The van der Waals surface area contributed by atoms with Crippen LogP contribution in [0.3, 0.4) is 0 Å². The first-order valence-electron chi connectivity index (χ1n) is 9.66. The number of pyridine rings is 1. The molecule has 2 heterocycles. The summed E-state index contributed by atoms with van der Waals surface area (Å²) in [4.78, 5) is 32.2. The standard InChI is InChI=1S/C22H23N5O2/c1-3-11-26(12-4-2)22(29)19-18-10-5-6-13-27(18)20(25-19)21(28)24-17-9-7-8-16(14-17)15-23/h5-10,13-14H,3-4,11-12H2,1-2H3,(H,24,28). The zero-order chi connectivity index (χ0) is 20.8. The van der Waals surface area contributed by atoms with Gasteiger partial charge in [0.2, 0.25) is 5.82 Å². The lowest BCUT2D eigenvalue weighted by molar-refractivity contribution is 0.0752. The van der Waals surface area contributed by atoms with Gasteiger partial charge in [0, 0.05) is 25.0 Å². The molecule has 29 heavy (non-hydrogen) atoms. The molecule has 0 aliphatic rings. The minimum absolute atomic E-state index is 0.124. The predicted octanol–water partition coefficient (Wildman–Crippen LogP) is 3.72. The third-order valence-electron chi connectivity index (χ3n) is 4.48. The fourth-order valence-electron chi connectivity index (χ4n) is 3.21. The quantitative estimate of drug-likeness (QED) is 0.667. The number of rotatable bonds is 7. The minimum atomic E-state index is -0.446. The molecule has 2 aromatic heterocycles. The molecule has 0 saturated carbocycles. The highest BCUT2D eigenvalue weighted by Crippen LogP contribution is 2.18. The van der Waals surface area contributed by atoms with Gasteiger partial charge in [0.15, 0.2) is 5.69 Å². The third kappa shape index (κ3) is 4.27. The van der Waals surface area contributed by atoms with Gasteiger partial charge in [-0.3, -0.25) is 14.0 Å². The van der Waals surface area contributed by atoms with E-state index in [-0.39, 0.29) is 17.4 Å². The first-order valence-corrected chi connectivity index (χ1v) is 9.66. The summed E-state index contributed by atoms with van der Waals surface area (Å²) in [5, 5.41) is 11.8. The molecule has 0 atom stereocenters. The molecule has 0 aliphatic heterocycles. The van der Waals surface area contributed by atoms with Crippen molar-refractivity contribution in [2.75, 3.05) is 18.4 Å². The fourth-order valence-corrected chi connectivity index (χ4v) is 3.21. The maximum atomic E-state index is 13.1. The van der Waals surface area contributed by atoms with E-state index in [0.717, 1.165) is 12.8 Å². The number of carbonyl (C=O) groups is 2. The minimum Gasteiger partial charge on any atom is -0.337 e. The van der Waals surface area contributed by atoms with Crippen LogP contribution in [0.2, 0.25) is 0 Å². The number of nitrogens with zero attached hydrogens (tertiary/aromatic N) is 4. The number of fused-ring (bicyclic) bond motifs is 1. The second kappa shape index (κ2) is 9.02. The number of amides is 2. The van der Waals surface area contributed by atoms with Crippen LogP contribution in [0, 0.1) is 11.3 Å². The van der Waals surface area contributed by atoms with Crippen molar-refractivity contribution < 1.29 is 9.59 Å². The van der Waals surface area contributed by atoms with Gasteiger partial charge in [-0.2, -0.15) is 5.26 Å². The molecule has 1 aromatic carbocycles. The molecule has 1 N–H and O–H groups in total. The summed E-state index contributed by atoms with van der Waals surface area (Å²) in [6.45, 7) is 5.33. The van der Waals surface area contributed by atoms with E-state index < -0.39 is 5.91 Å².